The first kappa shape index (κ1) is 15.7. The van der Waals surface area contributed by atoms with Crippen LogP contribution in [0.1, 0.15) is 57.3 Å². The van der Waals surface area contributed by atoms with E-state index in [9.17, 15) is 0 Å². The molecular formula is C14H27N5. The third-order valence-corrected chi connectivity index (χ3v) is 3.13. The molecule has 4 N–H and O–H groups in total. The fourth-order valence-corrected chi connectivity index (χ4v) is 1.97. The molecule has 0 atom stereocenters. The Hall–Kier alpha value is -1.36. The van der Waals surface area contributed by atoms with Crippen molar-refractivity contribution in [1.29, 1.82) is 0 Å². The van der Waals surface area contributed by atoms with Gasteiger partial charge in [-0.3, -0.25) is 0 Å². The minimum atomic E-state index is 0.717. The maximum absolute atomic E-state index is 5.51. The summed E-state index contributed by atoms with van der Waals surface area (Å²) in [6, 6.07) is 0. The predicted molar refractivity (Wildman–Crippen MR) is 81.2 cm³/mol. The van der Waals surface area contributed by atoms with E-state index in [0.29, 0.717) is 0 Å². The van der Waals surface area contributed by atoms with Gasteiger partial charge >= 0.3 is 0 Å². The molecule has 1 rings (SSSR count). The molecule has 5 nitrogen and oxygen atoms in total. The van der Waals surface area contributed by atoms with E-state index in [2.05, 4.69) is 34.6 Å². The Morgan fingerprint density at radius 2 is 1.74 bits per heavy atom. The van der Waals surface area contributed by atoms with Crippen molar-refractivity contribution in [3.8, 4) is 0 Å². The number of hydrogen-bond donors (Lipinski definition) is 3. The third kappa shape index (κ3) is 5.03. The molecule has 0 fully saturated rings. The van der Waals surface area contributed by atoms with Crippen molar-refractivity contribution < 1.29 is 0 Å². The molecule has 0 aliphatic carbocycles. The molecule has 5 heteroatoms. The van der Waals surface area contributed by atoms with Crippen LogP contribution in [0.2, 0.25) is 0 Å². The lowest BCUT2D eigenvalue weighted by atomic mass is 10.2. The number of nitrogen functional groups attached to an aromatic ring is 1. The van der Waals surface area contributed by atoms with E-state index in [1.165, 1.54) is 25.7 Å². The van der Waals surface area contributed by atoms with Crippen LogP contribution in [0.15, 0.2) is 0 Å². The van der Waals surface area contributed by atoms with E-state index in [0.717, 1.165) is 42.4 Å². The topological polar surface area (TPSA) is 75.9 Å². The average molecular weight is 265 g/mol. The number of hydrazine groups is 1. The molecule has 0 saturated heterocycles. The summed E-state index contributed by atoms with van der Waals surface area (Å²) in [5, 5.41) is 3.40. The van der Waals surface area contributed by atoms with Crippen molar-refractivity contribution in [3.05, 3.63) is 11.4 Å². The number of nitrogens with one attached hydrogen (secondary N) is 2. The molecular weight excluding hydrogens is 238 g/mol. The van der Waals surface area contributed by atoms with Crippen molar-refractivity contribution in [3.63, 3.8) is 0 Å². The second-order valence-electron chi connectivity index (χ2n) is 4.84. The summed E-state index contributed by atoms with van der Waals surface area (Å²) in [4.78, 5) is 8.98. The van der Waals surface area contributed by atoms with Gasteiger partial charge in [-0.15, -0.1) is 0 Å². The number of nitrogens with zero attached hydrogens (tertiary/aromatic N) is 2. The summed E-state index contributed by atoms with van der Waals surface area (Å²) >= 11 is 0. The highest BCUT2D eigenvalue weighted by Crippen LogP contribution is 2.19. The van der Waals surface area contributed by atoms with Gasteiger partial charge in [0.1, 0.15) is 17.5 Å². The molecule has 0 bridgehead atoms. The number of nitrogens with two attached hydrogens (primary N) is 1. The van der Waals surface area contributed by atoms with Crippen molar-refractivity contribution in [2.45, 2.75) is 59.3 Å². The van der Waals surface area contributed by atoms with Crippen LogP contribution in [-0.4, -0.2) is 16.5 Å². The zero-order chi connectivity index (χ0) is 14.1. The van der Waals surface area contributed by atoms with Crippen LogP contribution in [0, 0.1) is 6.92 Å². The van der Waals surface area contributed by atoms with E-state index in [4.69, 9.17) is 5.84 Å². The second-order valence-corrected chi connectivity index (χ2v) is 4.84. The summed E-state index contributed by atoms with van der Waals surface area (Å²) in [7, 11) is 0. The van der Waals surface area contributed by atoms with Gasteiger partial charge in [0.25, 0.3) is 0 Å². The maximum Gasteiger partial charge on any atom is 0.148 e. The molecule has 0 saturated carbocycles. The zero-order valence-electron chi connectivity index (χ0n) is 12.4. The summed E-state index contributed by atoms with van der Waals surface area (Å²) in [6.45, 7) is 7.28. The van der Waals surface area contributed by atoms with Gasteiger partial charge in [-0.2, -0.15) is 0 Å². The Kier molecular flexibility index (Phi) is 7.18. The SMILES string of the molecule is CCCCCCNc1nc(CCC)nc(NN)c1C. The molecule has 0 aliphatic rings. The highest BCUT2D eigenvalue weighted by atomic mass is 15.3. The van der Waals surface area contributed by atoms with Gasteiger partial charge in [0.2, 0.25) is 0 Å². The van der Waals surface area contributed by atoms with Crippen molar-refractivity contribution in [2.75, 3.05) is 17.3 Å². The molecule has 19 heavy (non-hydrogen) atoms. The van der Waals surface area contributed by atoms with Gasteiger partial charge in [-0.25, -0.2) is 15.8 Å². The Morgan fingerprint density at radius 1 is 1.00 bits per heavy atom. The Labute approximate surface area is 116 Å². The minimum absolute atomic E-state index is 0.717. The van der Waals surface area contributed by atoms with Gasteiger partial charge in [0.05, 0.1) is 0 Å². The number of rotatable bonds is 9. The molecule has 108 valence electrons. The third-order valence-electron chi connectivity index (χ3n) is 3.13. The molecule has 0 spiro atoms. The molecule has 0 unspecified atom stereocenters. The standard InChI is InChI=1S/C14H27N5/c1-4-6-7-8-10-16-13-11(3)14(19-15)18-12(17-13)9-5-2/h4-10,15H2,1-3H3,(H2,16,17,18,19). The van der Waals surface area contributed by atoms with Crippen LogP contribution in [0.25, 0.3) is 0 Å². The highest BCUT2D eigenvalue weighted by Gasteiger charge is 2.09. The average Bonchev–Trinajstić information content (AvgIpc) is 2.41. The fraction of sp³-hybridized carbons (Fsp3) is 0.714. The quantitative estimate of drug-likeness (QED) is 0.363. The normalized spacial score (nSPS) is 10.5. The molecule has 1 aromatic rings. The van der Waals surface area contributed by atoms with Crippen LogP contribution in [0.5, 0.6) is 0 Å². The fourth-order valence-electron chi connectivity index (χ4n) is 1.97. The van der Waals surface area contributed by atoms with E-state index >= 15 is 0 Å². The van der Waals surface area contributed by atoms with Gasteiger partial charge in [0.15, 0.2) is 0 Å². The lowest BCUT2D eigenvalue weighted by Crippen LogP contribution is -2.15. The number of hydrogen-bond acceptors (Lipinski definition) is 5. The summed E-state index contributed by atoms with van der Waals surface area (Å²) in [6.07, 6.45) is 6.89. The van der Waals surface area contributed by atoms with Gasteiger partial charge in [-0.05, 0) is 19.8 Å². The van der Waals surface area contributed by atoms with Crippen molar-refractivity contribution in [1.82, 2.24) is 9.97 Å². The summed E-state index contributed by atoms with van der Waals surface area (Å²) in [5.74, 6) is 7.98. The Bertz CT molecular complexity index is 378. The second kappa shape index (κ2) is 8.69. The molecule has 0 aromatic carbocycles. The Morgan fingerprint density at radius 3 is 2.37 bits per heavy atom. The number of aromatic nitrogens is 2. The minimum Gasteiger partial charge on any atom is -0.370 e. The smallest absolute Gasteiger partial charge is 0.148 e. The van der Waals surface area contributed by atoms with Gasteiger partial charge in [0, 0.05) is 18.5 Å². The van der Waals surface area contributed by atoms with E-state index in [-0.39, 0.29) is 0 Å². The number of aryl methyl sites for hydroxylation is 1. The summed E-state index contributed by atoms with van der Waals surface area (Å²) in [5.41, 5.74) is 3.64. The summed E-state index contributed by atoms with van der Waals surface area (Å²) < 4.78 is 0. The molecule has 1 heterocycles. The van der Waals surface area contributed by atoms with Crippen LogP contribution in [0.3, 0.4) is 0 Å². The molecule has 0 amide bonds. The Balaban J connectivity index is 2.66. The van der Waals surface area contributed by atoms with E-state index in [1.807, 2.05) is 6.92 Å². The van der Waals surface area contributed by atoms with Crippen molar-refractivity contribution >= 4 is 11.6 Å². The van der Waals surface area contributed by atoms with Crippen LogP contribution >= 0.6 is 0 Å². The first-order valence-electron chi connectivity index (χ1n) is 7.30. The van der Waals surface area contributed by atoms with Gasteiger partial charge in [-0.1, -0.05) is 33.1 Å². The van der Waals surface area contributed by atoms with Crippen LogP contribution < -0.4 is 16.6 Å². The highest BCUT2D eigenvalue weighted by molar-refractivity contribution is 5.56. The molecule has 0 radical (unpaired) electrons. The van der Waals surface area contributed by atoms with E-state index in [1.54, 1.807) is 0 Å². The molecule has 0 aliphatic heterocycles. The maximum atomic E-state index is 5.51. The van der Waals surface area contributed by atoms with Crippen LogP contribution in [-0.2, 0) is 6.42 Å². The first-order chi connectivity index (χ1) is 9.22. The van der Waals surface area contributed by atoms with E-state index < -0.39 is 0 Å². The lowest BCUT2D eigenvalue weighted by Gasteiger charge is -2.13. The number of unbranched alkanes of at least 4 members (excludes halogenated alkanes) is 3. The monoisotopic (exact) mass is 265 g/mol. The van der Waals surface area contributed by atoms with Crippen molar-refractivity contribution in [2.24, 2.45) is 5.84 Å². The predicted octanol–water partition coefficient (Wildman–Crippen LogP) is 3.02. The van der Waals surface area contributed by atoms with Gasteiger partial charge < -0.3 is 10.7 Å². The zero-order valence-corrected chi connectivity index (χ0v) is 12.4. The number of anilines is 2. The molecule has 1 aromatic heterocycles. The first-order valence-corrected chi connectivity index (χ1v) is 7.30. The lowest BCUT2D eigenvalue weighted by molar-refractivity contribution is 0.683. The largest absolute Gasteiger partial charge is 0.370 e. The van der Waals surface area contributed by atoms with Crippen LogP contribution in [0.4, 0.5) is 11.6 Å².